The Morgan fingerprint density at radius 2 is 1.68 bits per heavy atom. The summed E-state index contributed by atoms with van der Waals surface area (Å²) in [7, 11) is 2.33. The van der Waals surface area contributed by atoms with Gasteiger partial charge in [-0.05, 0) is 62.2 Å². The van der Waals surface area contributed by atoms with Gasteiger partial charge in [0.1, 0.15) is 30.0 Å². The first kappa shape index (κ1) is 39.9. The molecule has 1 aromatic rings. The number of esters is 1. The summed E-state index contributed by atoms with van der Waals surface area (Å²) >= 11 is 0. The molecule has 7 N–H and O–H groups in total. The molecular formula is C29H46N8O10. The van der Waals surface area contributed by atoms with Crippen LogP contribution in [0.2, 0.25) is 0 Å². The minimum atomic E-state index is -1.76. The van der Waals surface area contributed by atoms with Crippen LogP contribution in [0.3, 0.4) is 0 Å². The monoisotopic (exact) mass is 666 g/mol. The van der Waals surface area contributed by atoms with Gasteiger partial charge in [0.25, 0.3) is 0 Å². The van der Waals surface area contributed by atoms with E-state index in [-0.39, 0.29) is 42.5 Å². The molecule has 3 unspecified atom stereocenters. The molecule has 0 fully saturated rings. The first-order valence-corrected chi connectivity index (χ1v) is 14.7. The molecule has 1 rings (SSSR count). The van der Waals surface area contributed by atoms with E-state index in [1.807, 2.05) is 0 Å². The molecule has 0 aliphatic carbocycles. The van der Waals surface area contributed by atoms with E-state index in [4.69, 9.17) is 20.6 Å². The second-order valence-corrected chi connectivity index (χ2v) is 12.0. The number of aromatic hydroxyl groups is 1. The van der Waals surface area contributed by atoms with Crippen molar-refractivity contribution in [3.8, 4) is 5.75 Å². The van der Waals surface area contributed by atoms with Crippen molar-refractivity contribution >= 4 is 35.7 Å². The standard InChI is InChI=1S/C29H46N8O10/c1-17(2)23(25(41)33-20(26(42)46-7)15-18-10-12-19(38)13-11-18)34-24(40)21(9-8-14-32-27(30)31)36(37(44)45)22(39)16-35(6)28(43)47-29(3,4)5/h10-13,17,20-21,23,38H,8-9,14-16H2,1-7H3,(H,33,41)(H,34,40)(H4,30,31,32). The van der Waals surface area contributed by atoms with Crippen molar-refractivity contribution in [1.29, 1.82) is 5.41 Å². The number of phenols is 1. The van der Waals surface area contributed by atoms with Crippen molar-refractivity contribution < 1.29 is 43.6 Å². The predicted molar refractivity (Wildman–Crippen MR) is 168 cm³/mol. The van der Waals surface area contributed by atoms with Gasteiger partial charge in [0.05, 0.1) is 7.11 Å². The number of nitrogens with zero attached hydrogens (tertiary/aromatic N) is 3. The number of methoxy groups -OCH3 is 1. The van der Waals surface area contributed by atoms with Gasteiger partial charge in [-0.3, -0.25) is 19.8 Å². The SMILES string of the molecule is COC(=O)C(Cc1ccc(O)cc1)NC(=O)C(NC(=O)C(CCCNC(=N)N)N(C(=O)CN(C)C(=O)OC(C)(C)C)[N+](=O)[O-])C(C)C. The highest BCUT2D eigenvalue weighted by Crippen LogP contribution is 2.15. The number of hydrogen-bond acceptors (Lipinski definition) is 11. The van der Waals surface area contributed by atoms with Crippen LogP contribution in [0.15, 0.2) is 24.3 Å². The van der Waals surface area contributed by atoms with E-state index in [2.05, 4.69) is 16.0 Å². The summed E-state index contributed by atoms with van der Waals surface area (Å²) in [5, 5.41) is 35.6. The predicted octanol–water partition coefficient (Wildman–Crippen LogP) is 0.252. The number of nitrogens with one attached hydrogen (secondary N) is 4. The van der Waals surface area contributed by atoms with Crippen LogP contribution in [-0.2, 0) is 35.1 Å². The summed E-state index contributed by atoms with van der Waals surface area (Å²) in [4.78, 5) is 78.2. The van der Waals surface area contributed by atoms with Crippen LogP contribution in [-0.4, -0.2) is 107 Å². The number of phenolic OH excluding ortho intramolecular Hbond substituents is 1. The zero-order chi connectivity index (χ0) is 36.1. The Balaban J connectivity index is 3.30. The lowest BCUT2D eigenvalue weighted by Gasteiger charge is -2.29. The third kappa shape index (κ3) is 13.8. The number of ether oxygens (including phenoxy) is 2. The molecule has 0 radical (unpaired) electrons. The topological polar surface area (TPSA) is 260 Å². The zero-order valence-corrected chi connectivity index (χ0v) is 27.7. The number of hydrazine groups is 1. The summed E-state index contributed by atoms with van der Waals surface area (Å²) < 4.78 is 10.0. The molecule has 0 aliphatic rings. The van der Waals surface area contributed by atoms with Crippen molar-refractivity contribution in [1.82, 2.24) is 25.9 Å². The van der Waals surface area contributed by atoms with Crippen LogP contribution in [0.1, 0.15) is 53.0 Å². The molecule has 0 bridgehead atoms. The minimum Gasteiger partial charge on any atom is -0.508 e. The molecule has 262 valence electrons. The molecular weight excluding hydrogens is 620 g/mol. The molecule has 0 aromatic heterocycles. The van der Waals surface area contributed by atoms with E-state index < -0.39 is 71.0 Å². The lowest BCUT2D eigenvalue weighted by molar-refractivity contribution is -0.640. The largest absolute Gasteiger partial charge is 0.508 e. The Hall–Kier alpha value is -5.16. The lowest BCUT2D eigenvalue weighted by atomic mass is 10.00. The zero-order valence-electron chi connectivity index (χ0n) is 27.7. The molecule has 0 aliphatic heterocycles. The van der Waals surface area contributed by atoms with E-state index in [0.29, 0.717) is 5.56 Å². The third-order valence-corrected chi connectivity index (χ3v) is 6.50. The maximum atomic E-state index is 13.6. The van der Waals surface area contributed by atoms with Gasteiger partial charge < -0.3 is 41.2 Å². The average molecular weight is 667 g/mol. The third-order valence-electron chi connectivity index (χ3n) is 6.50. The Morgan fingerprint density at radius 3 is 2.17 bits per heavy atom. The smallest absolute Gasteiger partial charge is 0.410 e. The number of carbonyl (C=O) groups excluding carboxylic acids is 5. The van der Waals surface area contributed by atoms with Crippen LogP contribution in [0.4, 0.5) is 4.79 Å². The Morgan fingerprint density at radius 1 is 1.09 bits per heavy atom. The number of nitrogens with two attached hydrogens (primary N) is 1. The second-order valence-electron chi connectivity index (χ2n) is 12.0. The Kier molecular flexibility index (Phi) is 15.4. The molecule has 4 amide bonds. The summed E-state index contributed by atoms with van der Waals surface area (Å²) in [6, 6.07) is 1.64. The van der Waals surface area contributed by atoms with Crippen LogP contribution in [0, 0.1) is 21.4 Å². The van der Waals surface area contributed by atoms with E-state index in [9.17, 15) is 39.2 Å². The number of benzene rings is 1. The number of guanidine groups is 1. The average Bonchev–Trinajstić information content (AvgIpc) is 2.95. The molecule has 3 atom stereocenters. The Labute approximate surface area is 272 Å². The maximum absolute atomic E-state index is 13.6. The molecule has 47 heavy (non-hydrogen) atoms. The van der Waals surface area contributed by atoms with Crippen LogP contribution < -0.4 is 21.7 Å². The molecule has 18 heteroatoms. The van der Waals surface area contributed by atoms with E-state index >= 15 is 0 Å². The van der Waals surface area contributed by atoms with E-state index in [0.717, 1.165) is 12.0 Å². The van der Waals surface area contributed by atoms with Crippen molar-refractivity contribution in [2.75, 3.05) is 27.2 Å². The van der Waals surface area contributed by atoms with Gasteiger partial charge in [-0.2, -0.15) is 0 Å². The summed E-state index contributed by atoms with van der Waals surface area (Å²) in [6.07, 6.45) is -1.21. The van der Waals surface area contributed by atoms with Gasteiger partial charge in [0, 0.05) is 20.0 Å². The Bertz CT molecular complexity index is 1280. The maximum Gasteiger partial charge on any atom is 0.410 e. The van der Waals surface area contributed by atoms with Gasteiger partial charge in [0.2, 0.25) is 11.8 Å². The minimum absolute atomic E-state index is 0.000325. The molecule has 18 nitrogen and oxygen atoms in total. The highest BCUT2D eigenvalue weighted by Gasteiger charge is 2.41. The first-order chi connectivity index (χ1) is 21.8. The summed E-state index contributed by atoms with van der Waals surface area (Å²) in [6.45, 7) is 7.20. The number of likely N-dealkylation sites (N-methyl/N-ethyl adjacent to an activating group) is 1. The number of carbonyl (C=O) groups is 5. The summed E-state index contributed by atoms with van der Waals surface area (Å²) in [5.74, 6) is -4.83. The van der Waals surface area contributed by atoms with Crippen molar-refractivity contribution in [2.24, 2.45) is 11.7 Å². The van der Waals surface area contributed by atoms with Crippen LogP contribution in [0.5, 0.6) is 5.75 Å². The van der Waals surface area contributed by atoms with Crippen LogP contribution >= 0.6 is 0 Å². The molecule has 0 heterocycles. The highest BCUT2D eigenvalue weighted by molar-refractivity contribution is 5.94. The molecule has 0 saturated carbocycles. The number of hydrogen-bond donors (Lipinski definition) is 6. The fourth-order valence-corrected chi connectivity index (χ4v) is 4.19. The fraction of sp³-hybridized carbons (Fsp3) is 0.586. The molecule has 1 aromatic carbocycles. The quantitative estimate of drug-likeness (QED) is 0.0347. The number of rotatable bonds is 16. The van der Waals surface area contributed by atoms with Gasteiger partial charge in [0.15, 0.2) is 17.0 Å². The van der Waals surface area contributed by atoms with Crippen molar-refractivity contribution in [2.45, 2.75) is 77.6 Å². The first-order valence-electron chi connectivity index (χ1n) is 14.7. The highest BCUT2D eigenvalue weighted by atomic mass is 16.7. The van der Waals surface area contributed by atoms with Gasteiger partial charge in [-0.1, -0.05) is 26.0 Å². The van der Waals surface area contributed by atoms with Gasteiger partial charge in [-0.25, -0.2) is 19.7 Å². The molecule has 0 saturated heterocycles. The van der Waals surface area contributed by atoms with Crippen LogP contribution in [0.25, 0.3) is 0 Å². The van der Waals surface area contributed by atoms with Gasteiger partial charge >= 0.3 is 18.0 Å². The normalized spacial score (nSPS) is 12.9. The van der Waals surface area contributed by atoms with Crippen molar-refractivity contribution in [3.63, 3.8) is 0 Å². The lowest BCUT2D eigenvalue weighted by Crippen LogP contribution is -2.60. The van der Waals surface area contributed by atoms with Gasteiger partial charge in [-0.15, -0.1) is 0 Å². The second kappa shape index (κ2) is 18.1. The van der Waals surface area contributed by atoms with E-state index in [1.54, 1.807) is 46.8 Å². The fourth-order valence-electron chi connectivity index (χ4n) is 4.19. The summed E-state index contributed by atoms with van der Waals surface area (Å²) in [5.41, 5.74) is 4.97. The van der Waals surface area contributed by atoms with E-state index in [1.165, 1.54) is 19.2 Å². The number of nitro groups is 1. The van der Waals surface area contributed by atoms with Crippen molar-refractivity contribution in [3.05, 3.63) is 39.9 Å². The molecule has 0 spiro atoms. The number of amides is 4.